The van der Waals surface area contributed by atoms with Gasteiger partial charge in [0.15, 0.2) is 0 Å². The molecule has 0 aromatic carbocycles. The summed E-state index contributed by atoms with van der Waals surface area (Å²) in [5, 5.41) is 8.90. The highest BCUT2D eigenvalue weighted by Crippen LogP contribution is 2.20. The topological polar surface area (TPSA) is 46.2 Å². The third-order valence-electron chi connectivity index (χ3n) is 2.07. The molecule has 1 saturated heterocycles. The van der Waals surface area contributed by atoms with E-state index in [1.54, 1.807) is 0 Å². The Morgan fingerprint density at radius 1 is 1.40 bits per heavy atom. The largest absolute Gasteiger partial charge is 0.396 e. The fourth-order valence-electron chi connectivity index (χ4n) is 1.23. The maximum Gasteiger partial charge on any atom is 0.0474 e. The molecule has 0 amide bonds. The molecule has 1 aliphatic heterocycles. The molecule has 0 aromatic heterocycles. The Morgan fingerprint density at radius 2 is 2.10 bits per heavy atom. The van der Waals surface area contributed by atoms with Crippen molar-refractivity contribution in [3.63, 3.8) is 0 Å². The third kappa shape index (κ3) is 2.15. The molecule has 0 aromatic rings. The lowest BCUT2D eigenvalue weighted by Gasteiger charge is -2.17. The Balaban J connectivity index is 2.35. The van der Waals surface area contributed by atoms with Gasteiger partial charge >= 0.3 is 0 Å². The molecule has 0 aliphatic carbocycles. The summed E-state index contributed by atoms with van der Waals surface area (Å²) in [7, 11) is 0. The van der Waals surface area contributed by atoms with Crippen molar-refractivity contribution >= 4 is 11.8 Å². The van der Waals surface area contributed by atoms with Gasteiger partial charge in [-0.05, 0) is 30.3 Å². The highest BCUT2D eigenvalue weighted by atomic mass is 32.2. The molecule has 3 N–H and O–H groups in total. The second-order valence-corrected chi connectivity index (χ2v) is 4.02. The molecule has 0 radical (unpaired) electrons. The zero-order chi connectivity index (χ0) is 7.40. The molecule has 1 fully saturated rings. The van der Waals surface area contributed by atoms with E-state index in [1.165, 1.54) is 5.75 Å². The van der Waals surface area contributed by atoms with Crippen LogP contribution in [0, 0.1) is 5.92 Å². The lowest BCUT2D eigenvalue weighted by Crippen LogP contribution is -2.32. The number of nitrogens with two attached hydrogens (primary N) is 1. The summed E-state index contributed by atoms with van der Waals surface area (Å²) in [6, 6.07) is 0.236. The maximum atomic E-state index is 8.90. The van der Waals surface area contributed by atoms with Gasteiger partial charge in [-0.25, -0.2) is 0 Å². The second kappa shape index (κ2) is 4.21. The van der Waals surface area contributed by atoms with Crippen molar-refractivity contribution in [2.24, 2.45) is 11.7 Å². The van der Waals surface area contributed by atoms with Gasteiger partial charge in [-0.15, -0.1) is 0 Å². The molecule has 2 atom stereocenters. The standard InChI is InChI=1S/C7H15NOS/c8-7-2-4-10-3-1-6(7)5-9/h6-7,9H,1-5,8H2/t6-,7-/m1/s1. The molecule has 0 bridgehead atoms. The van der Waals surface area contributed by atoms with Crippen LogP contribution in [0.4, 0.5) is 0 Å². The predicted octanol–water partition coefficient (Wildman–Crippen LogP) is 0.449. The number of aliphatic hydroxyl groups is 1. The van der Waals surface area contributed by atoms with E-state index < -0.39 is 0 Å². The SMILES string of the molecule is N[C@@H]1CCSCC[C@@H]1CO. The Labute approximate surface area is 66.2 Å². The first kappa shape index (κ1) is 8.37. The highest BCUT2D eigenvalue weighted by molar-refractivity contribution is 7.99. The molecule has 10 heavy (non-hydrogen) atoms. The van der Waals surface area contributed by atoms with Crippen LogP contribution in [0.5, 0.6) is 0 Å². The van der Waals surface area contributed by atoms with E-state index in [-0.39, 0.29) is 12.6 Å². The van der Waals surface area contributed by atoms with Gasteiger partial charge in [-0.3, -0.25) is 0 Å². The molecular formula is C7H15NOS. The zero-order valence-electron chi connectivity index (χ0n) is 6.12. The minimum atomic E-state index is 0.236. The minimum Gasteiger partial charge on any atom is -0.396 e. The van der Waals surface area contributed by atoms with E-state index in [4.69, 9.17) is 10.8 Å². The summed E-state index contributed by atoms with van der Waals surface area (Å²) in [5.74, 6) is 2.69. The molecular weight excluding hydrogens is 146 g/mol. The van der Waals surface area contributed by atoms with Crippen LogP contribution in [0.3, 0.4) is 0 Å². The highest BCUT2D eigenvalue weighted by Gasteiger charge is 2.18. The first-order chi connectivity index (χ1) is 4.84. The summed E-state index contributed by atoms with van der Waals surface area (Å²) in [6.07, 6.45) is 2.15. The summed E-state index contributed by atoms with van der Waals surface area (Å²) in [5.41, 5.74) is 5.82. The van der Waals surface area contributed by atoms with Gasteiger partial charge < -0.3 is 10.8 Å². The maximum absolute atomic E-state index is 8.90. The van der Waals surface area contributed by atoms with Crippen LogP contribution in [-0.2, 0) is 0 Å². The van der Waals surface area contributed by atoms with E-state index >= 15 is 0 Å². The van der Waals surface area contributed by atoms with Gasteiger partial charge in [-0.1, -0.05) is 0 Å². The number of aliphatic hydroxyl groups excluding tert-OH is 1. The van der Waals surface area contributed by atoms with Crippen molar-refractivity contribution in [2.75, 3.05) is 18.1 Å². The van der Waals surface area contributed by atoms with E-state index in [1.807, 2.05) is 11.8 Å². The Hall–Kier alpha value is 0.270. The van der Waals surface area contributed by atoms with Crippen molar-refractivity contribution < 1.29 is 5.11 Å². The summed E-state index contributed by atoms with van der Waals surface area (Å²) < 4.78 is 0. The van der Waals surface area contributed by atoms with Crippen molar-refractivity contribution in [1.82, 2.24) is 0 Å². The van der Waals surface area contributed by atoms with E-state index in [0.717, 1.165) is 18.6 Å². The molecule has 60 valence electrons. The van der Waals surface area contributed by atoms with Crippen molar-refractivity contribution in [2.45, 2.75) is 18.9 Å². The first-order valence-electron chi connectivity index (χ1n) is 3.78. The molecule has 2 nitrogen and oxygen atoms in total. The minimum absolute atomic E-state index is 0.236. The Morgan fingerprint density at radius 3 is 2.80 bits per heavy atom. The molecule has 1 aliphatic rings. The average molecular weight is 161 g/mol. The van der Waals surface area contributed by atoms with Crippen LogP contribution < -0.4 is 5.73 Å². The van der Waals surface area contributed by atoms with Gasteiger partial charge in [0.1, 0.15) is 0 Å². The molecule has 1 heterocycles. The molecule has 0 spiro atoms. The van der Waals surface area contributed by atoms with Crippen molar-refractivity contribution in [3.05, 3.63) is 0 Å². The lowest BCUT2D eigenvalue weighted by atomic mass is 9.97. The van der Waals surface area contributed by atoms with Gasteiger partial charge in [0.2, 0.25) is 0 Å². The van der Waals surface area contributed by atoms with Crippen LogP contribution in [0.25, 0.3) is 0 Å². The molecule has 1 rings (SSSR count). The zero-order valence-corrected chi connectivity index (χ0v) is 6.94. The second-order valence-electron chi connectivity index (χ2n) is 2.80. The van der Waals surface area contributed by atoms with Gasteiger partial charge in [0.05, 0.1) is 0 Å². The van der Waals surface area contributed by atoms with Crippen molar-refractivity contribution in [1.29, 1.82) is 0 Å². The van der Waals surface area contributed by atoms with E-state index in [2.05, 4.69) is 0 Å². The fourth-order valence-corrected chi connectivity index (χ4v) is 2.35. The Bertz CT molecular complexity index is 99.6. The number of hydrogen-bond donors (Lipinski definition) is 2. The smallest absolute Gasteiger partial charge is 0.0474 e. The van der Waals surface area contributed by atoms with Gasteiger partial charge in [-0.2, -0.15) is 11.8 Å². The van der Waals surface area contributed by atoms with Crippen LogP contribution in [0.2, 0.25) is 0 Å². The fraction of sp³-hybridized carbons (Fsp3) is 1.00. The Kier molecular flexibility index (Phi) is 3.52. The lowest BCUT2D eigenvalue weighted by molar-refractivity contribution is 0.201. The van der Waals surface area contributed by atoms with Crippen LogP contribution in [0.15, 0.2) is 0 Å². The quantitative estimate of drug-likeness (QED) is 0.587. The van der Waals surface area contributed by atoms with E-state index in [0.29, 0.717) is 5.92 Å². The number of thioether (sulfide) groups is 1. The molecule has 0 saturated carbocycles. The number of hydrogen-bond acceptors (Lipinski definition) is 3. The van der Waals surface area contributed by atoms with E-state index in [9.17, 15) is 0 Å². The predicted molar refractivity (Wildman–Crippen MR) is 45.1 cm³/mol. The molecule has 0 unspecified atom stereocenters. The third-order valence-corrected chi connectivity index (χ3v) is 3.12. The van der Waals surface area contributed by atoms with Crippen LogP contribution in [-0.4, -0.2) is 29.3 Å². The number of rotatable bonds is 1. The summed E-state index contributed by atoms with van der Waals surface area (Å²) >= 11 is 1.95. The normalized spacial score (nSPS) is 35.4. The van der Waals surface area contributed by atoms with Crippen LogP contribution >= 0.6 is 11.8 Å². The summed E-state index contributed by atoms with van der Waals surface area (Å²) in [4.78, 5) is 0. The first-order valence-corrected chi connectivity index (χ1v) is 4.94. The summed E-state index contributed by atoms with van der Waals surface area (Å²) in [6.45, 7) is 0.266. The van der Waals surface area contributed by atoms with Gasteiger partial charge in [0.25, 0.3) is 0 Å². The van der Waals surface area contributed by atoms with Crippen LogP contribution in [0.1, 0.15) is 12.8 Å². The monoisotopic (exact) mass is 161 g/mol. The molecule has 3 heteroatoms. The average Bonchev–Trinajstić information content (AvgIpc) is 2.13. The van der Waals surface area contributed by atoms with Crippen molar-refractivity contribution in [3.8, 4) is 0 Å². The van der Waals surface area contributed by atoms with Gasteiger partial charge in [0, 0.05) is 12.6 Å².